The van der Waals surface area contributed by atoms with Gasteiger partial charge in [-0.1, -0.05) is 43.3 Å². The van der Waals surface area contributed by atoms with Gasteiger partial charge in [0.1, 0.15) is 0 Å². The zero-order valence-corrected chi connectivity index (χ0v) is 16.1. The van der Waals surface area contributed by atoms with Gasteiger partial charge in [0.25, 0.3) is 5.91 Å². The van der Waals surface area contributed by atoms with Crippen LogP contribution < -0.4 is 10.1 Å². The fourth-order valence-corrected chi connectivity index (χ4v) is 2.51. The lowest BCUT2D eigenvalue weighted by Crippen LogP contribution is -2.37. The van der Waals surface area contributed by atoms with Gasteiger partial charge in [-0.05, 0) is 42.2 Å². The fraction of sp³-hybridized carbons (Fsp3) is 0.273. The van der Waals surface area contributed by atoms with Crippen molar-refractivity contribution < 1.29 is 23.5 Å². The highest BCUT2D eigenvalue weighted by Crippen LogP contribution is 2.18. The average Bonchev–Trinajstić information content (AvgIpc) is 2.70. The minimum atomic E-state index is -0.937. The van der Waals surface area contributed by atoms with Crippen molar-refractivity contribution >= 4 is 18.0 Å². The van der Waals surface area contributed by atoms with Crippen molar-refractivity contribution in [2.75, 3.05) is 13.7 Å². The molecular formula is C22H24FNO4. The summed E-state index contributed by atoms with van der Waals surface area (Å²) in [6.45, 7) is 3.94. The maximum absolute atomic E-state index is 13.6. The Morgan fingerprint density at radius 3 is 2.50 bits per heavy atom. The molecule has 0 aliphatic heterocycles. The first-order valence-corrected chi connectivity index (χ1v) is 8.95. The molecule has 2 aromatic carbocycles. The van der Waals surface area contributed by atoms with Crippen LogP contribution in [-0.4, -0.2) is 31.6 Å². The fourth-order valence-electron chi connectivity index (χ4n) is 2.51. The van der Waals surface area contributed by atoms with Gasteiger partial charge in [-0.15, -0.1) is 0 Å². The predicted octanol–water partition coefficient (Wildman–Crippen LogP) is 3.70. The third-order valence-corrected chi connectivity index (χ3v) is 4.20. The molecule has 2 atom stereocenters. The Hall–Kier alpha value is -3.15. The minimum absolute atomic E-state index is 0.120. The molecule has 0 bridgehead atoms. The van der Waals surface area contributed by atoms with E-state index in [-0.39, 0.29) is 17.6 Å². The first-order chi connectivity index (χ1) is 13.4. The van der Waals surface area contributed by atoms with Gasteiger partial charge in [-0.3, -0.25) is 4.79 Å². The molecule has 0 saturated heterocycles. The molecule has 0 unspecified atom stereocenters. The molecule has 28 heavy (non-hydrogen) atoms. The number of nitrogens with one attached hydrogen (secondary N) is 1. The summed E-state index contributed by atoms with van der Waals surface area (Å²) in [5.74, 6) is -1.33. The van der Waals surface area contributed by atoms with Crippen LogP contribution in [0.1, 0.15) is 30.9 Å². The summed E-state index contributed by atoms with van der Waals surface area (Å²) in [5.41, 5.74) is 1.59. The van der Waals surface area contributed by atoms with E-state index in [1.807, 2.05) is 37.3 Å². The summed E-state index contributed by atoms with van der Waals surface area (Å²) in [6.07, 6.45) is 1.62. The van der Waals surface area contributed by atoms with Crippen LogP contribution in [-0.2, 0) is 14.3 Å². The zero-order valence-electron chi connectivity index (χ0n) is 16.1. The smallest absolute Gasteiger partial charge is 0.331 e. The van der Waals surface area contributed by atoms with E-state index in [2.05, 4.69) is 5.32 Å². The number of amides is 1. The van der Waals surface area contributed by atoms with Crippen molar-refractivity contribution in [1.29, 1.82) is 0 Å². The van der Waals surface area contributed by atoms with Crippen molar-refractivity contribution in [2.24, 2.45) is 0 Å². The molecule has 1 amide bonds. The topological polar surface area (TPSA) is 64.6 Å². The third-order valence-electron chi connectivity index (χ3n) is 4.20. The normalized spacial score (nSPS) is 13.0. The third kappa shape index (κ3) is 6.23. The van der Waals surface area contributed by atoms with Gasteiger partial charge in [0.15, 0.2) is 17.7 Å². The molecule has 0 heterocycles. The Morgan fingerprint density at radius 1 is 1.14 bits per heavy atom. The van der Waals surface area contributed by atoms with Gasteiger partial charge < -0.3 is 14.8 Å². The number of methoxy groups -OCH3 is 1. The quantitative estimate of drug-likeness (QED) is 0.556. The summed E-state index contributed by atoms with van der Waals surface area (Å²) in [4.78, 5) is 24.0. The first-order valence-electron chi connectivity index (χ1n) is 8.95. The average molecular weight is 385 g/mol. The van der Waals surface area contributed by atoms with Gasteiger partial charge >= 0.3 is 5.97 Å². The zero-order chi connectivity index (χ0) is 20.5. The van der Waals surface area contributed by atoms with E-state index in [1.165, 1.54) is 32.2 Å². The number of hydrogen-bond acceptors (Lipinski definition) is 4. The van der Waals surface area contributed by atoms with Crippen molar-refractivity contribution in [1.82, 2.24) is 5.32 Å². The highest BCUT2D eigenvalue weighted by molar-refractivity contribution is 5.90. The molecule has 6 heteroatoms. The van der Waals surface area contributed by atoms with Gasteiger partial charge in [0, 0.05) is 12.6 Å². The van der Waals surface area contributed by atoms with Crippen LogP contribution in [0.3, 0.4) is 0 Å². The number of hydrogen-bond donors (Lipinski definition) is 1. The number of carbonyl (C=O) groups excluding carboxylic acids is 2. The summed E-state index contributed by atoms with van der Waals surface area (Å²) >= 11 is 0. The summed E-state index contributed by atoms with van der Waals surface area (Å²) in [5, 5.41) is 2.78. The molecule has 0 saturated carbocycles. The lowest BCUT2D eigenvalue weighted by Gasteiger charge is -2.16. The number of benzene rings is 2. The number of halogens is 1. The van der Waals surface area contributed by atoms with Crippen LogP contribution in [0.25, 0.3) is 6.08 Å². The maximum atomic E-state index is 13.6. The largest absolute Gasteiger partial charge is 0.494 e. The molecule has 0 radical (unpaired) electrons. The molecule has 0 aromatic heterocycles. The SMILES string of the molecule is COc1ccc(/C=C/C(=O)O[C@@H](C)C(=O)NC[C@@H](C)c2ccccc2)cc1F. The predicted molar refractivity (Wildman–Crippen MR) is 105 cm³/mol. The van der Waals surface area contributed by atoms with E-state index in [9.17, 15) is 14.0 Å². The van der Waals surface area contributed by atoms with Crippen molar-refractivity contribution in [3.05, 3.63) is 71.6 Å². The molecule has 0 aliphatic rings. The highest BCUT2D eigenvalue weighted by atomic mass is 19.1. The van der Waals surface area contributed by atoms with Crippen LogP contribution >= 0.6 is 0 Å². The first kappa shape index (κ1) is 21.2. The molecule has 2 rings (SSSR count). The molecule has 148 valence electrons. The van der Waals surface area contributed by atoms with Gasteiger partial charge in [0.2, 0.25) is 0 Å². The van der Waals surface area contributed by atoms with Gasteiger partial charge in [-0.25, -0.2) is 9.18 Å². The van der Waals surface area contributed by atoms with Crippen molar-refractivity contribution in [3.8, 4) is 5.75 Å². The summed E-state index contributed by atoms with van der Waals surface area (Å²) in [6, 6.07) is 14.1. The Bertz CT molecular complexity index is 836. The number of esters is 1. The molecule has 0 spiro atoms. The summed E-state index contributed by atoms with van der Waals surface area (Å²) in [7, 11) is 1.37. The van der Waals surface area contributed by atoms with E-state index >= 15 is 0 Å². The van der Waals surface area contributed by atoms with Crippen LogP contribution in [0.4, 0.5) is 4.39 Å². The van der Waals surface area contributed by atoms with E-state index in [0.29, 0.717) is 12.1 Å². The molecule has 5 nitrogen and oxygen atoms in total. The number of carbonyl (C=O) groups is 2. The second kappa shape index (κ2) is 10.3. The van der Waals surface area contributed by atoms with Crippen LogP contribution in [0.15, 0.2) is 54.6 Å². The van der Waals surface area contributed by atoms with E-state index < -0.39 is 17.9 Å². The van der Waals surface area contributed by atoms with Crippen LogP contribution in [0.5, 0.6) is 5.75 Å². The Labute approximate surface area is 164 Å². The maximum Gasteiger partial charge on any atom is 0.331 e. The lowest BCUT2D eigenvalue weighted by atomic mass is 10.0. The molecule has 2 aromatic rings. The molecule has 0 fully saturated rings. The second-order valence-corrected chi connectivity index (χ2v) is 6.36. The van der Waals surface area contributed by atoms with Crippen molar-refractivity contribution in [2.45, 2.75) is 25.9 Å². The Balaban J connectivity index is 1.82. The molecular weight excluding hydrogens is 361 g/mol. The summed E-state index contributed by atoms with van der Waals surface area (Å²) < 4.78 is 23.6. The molecule has 0 aliphatic carbocycles. The van der Waals surface area contributed by atoms with E-state index in [4.69, 9.17) is 9.47 Å². The van der Waals surface area contributed by atoms with E-state index in [1.54, 1.807) is 6.07 Å². The second-order valence-electron chi connectivity index (χ2n) is 6.36. The monoisotopic (exact) mass is 385 g/mol. The van der Waals surface area contributed by atoms with Gasteiger partial charge in [0.05, 0.1) is 7.11 Å². The van der Waals surface area contributed by atoms with Crippen LogP contribution in [0, 0.1) is 5.82 Å². The molecule has 1 N–H and O–H groups in total. The van der Waals surface area contributed by atoms with E-state index in [0.717, 1.165) is 11.6 Å². The van der Waals surface area contributed by atoms with Crippen molar-refractivity contribution in [3.63, 3.8) is 0 Å². The van der Waals surface area contributed by atoms with Gasteiger partial charge in [-0.2, -0.15) is 0 Å². The minimum Gasteiger partial charge on any atom is -0.494 e. The highest BCUT2D eigenvalue weighted by Gasteiger charge is 2.17. The van der Waals surface area contributed by atoms with Crippen LogP contribution in [0.2, 0.25) is 0 Å². The Morgan fingerprint density at radius 2 is 1.86 bits per heavy atom. The number of rotatable bonds is 8. The lowest BCUT2D eigenvalue weighted by molar-refractivity contribution is -0.150. The standard InChI is InChI=1S/C22H24FNO4/c1-15(18-7-5-4-6-8-18)14-24-22(26)16(2)28-21(25)12-10-17-9-11-20(27-3)19(23)13-17/h4-13,15-16H,14H2,1-3H3,(H,24,26)/b12-10+/t15-,16+/m1/s1. The number of ether oxygens (including phenoxy) is 2. The Kier molecular flexibility index (Phi) is 7.75.